The fourth-order valence-electron chi connectivity index (χ4n) is 3.09. The molecule has 0 aromatic heterocycles. The number of ketones is 1. The summed E-state index contributed by atoms with van der Waals surface area (Å²) in [5.74, 6) is -0.725. The van der Waals surface area contributed by atoms with Crippen molar-refractivity contribution in [1.29, 1.82) is 0 Å². The van der Waals surface area contributed by atoms with Gasteiger partial charge in [0.1, 0.15) is 5.75 Å². The highest BCUT2D eigenvalue weighted by atomic mass is 16.5. The van der Waals surface area contributed by atoms with E-state index in [2.05, 4.69) is 0 Å². The highest BCUT2D eigenvalue weighted by Crippen LogP contribution is 2.48. The van der Waals surface area contributed by atoms with Gasteiger partial charge in [0.15, 0.2) is 41.5 Å². The lowest BCUT2D eigenvalue weighted by Crippen LogP contribution is -2.26. The number of phenols is 1. The molecule has 0 amide bonds. The summed E-state index contributed by atoms with van der Waals surface area (Å²) in [6.07, 6.45) is -1.04. The minimum absolute atomic E-state index is 0.00781. The van der Waals surface area contributed by atoms with Gasteiger partial charge in [-0.1, -0.05) is 6.07 Å². The number of hydrogen-bond donors (Lipinski definition) is 2. The number of carbonyl (C=O) groups excluding carboxylic acids is 1. The molecule has 0 saturated heterocycles. The normalized spacial score (nSPS) is 15.1. The van der Waals surface area contributed by atoms with Crippen LogP contribution in [-0.4, -0.2) is 49.9 Å². The van der Waals surface area contributed by atoms with Gasteiger partial charge in [-0.3, -0.25) is 4.79 Å². The molecule has 3 rings (SSSR count). The van der Waals surface area contributed by atoms with Crippen LogP contribution in [0.1, 0.15) is 17.2 Å². The van der Waals surface area contributed by atoms with E-state index in [-0.39, 0.29) is 40.8 Å². The average Bonchev–Trinajstić information content (AvgIpc) is 2.72. The van der Waals surface area contributed by atoms with Gasteiger partial charge in [0.2, 0.25) is 5.75 Å². The largest absolute Gasteiger partial charge is 0.504 e. The molecule has 9 nitrogen and oxygen atoms in total. The van der Waals surface area contributed by atoms with Crippen LogP contribution in [0.5, 0.6) is 34.5 Å². The SMILES string of the molecule is COc1ccc(C2Oc3cc(OCC(=O)O)c(OC)c(O)c3CC2=O)cc1OC. The second-order valence-electron chi connectivity index (χ2n) is 6.17. The standard InChI is InChI=1S/C20H20O9/c1-25-13-5-4-10(6-15(13)26-2)19-12(21)7-11-14(29-19)8-16(28-9-17(22)23)20(27-3)18(11)24/h4-6,8,19,24H,7,9H2,1-3H3,(H,22,23). The summed E-state index contributed by atoms with van der Waals surface area (Å²) in [4.78, 5) is 23.5. The minimum atomic E-state index is -1.19. The number of phenolic OH excluding ortho intramolecular Hbond substituents is 1. The Balaban J connectivity index is 2.00. The zero-order valence-electron chi connectivity index (χ0n) is 16.1. The van der Waals surface area contributed by atoms with Crippen molar-refractivity contribution in [3.8, 4) is 34.5 Å². The van der Waals surface area contributed by atoms with Crippen molar-refractivity contribution in [2.45, 2.75) is 12.5 Å². The molecule has 2 aromatic carbocycles. The summed E-state index contributed by atoms with van der Waals surface area (Å²) in [6, 6.07) is 6.38. The van der Waals surface area contributed by atoms with Crippen LogP contribution in [0.2, 0.25) is 0 Å². The lowest BCUT2D eigenvalue weighted by atomic mass is 9.95. The number of fused-ring (bicyclic) bond motifs is 1. The molecule has 1 heterocycles. The maximum absolute atomic E-state index is 12.7. The molecule has 2 N–H and O–H groups in total. The van der Waals surface area contributed by atoms with Gasteiger partial charge in [0, 0.05) is 23.6 Å². The zero-order valence-corrected chi connectivity index (χ0v) is 16.1. The number of aromatic hydroxyl groups is 1. The van der Waals surface area contributed by atoms with Crippen molar-refractivity contribution in [2.75, 3.05) is 27.9 Å². The molecule has 0 bridgehead atoms. The molecule has 0 aliphatic carbocycles. The Morgan fingerprint density at radius 2 is 1.83 bits per heavy atom. The maximum Gasteiger partial charge on any atom is 0.341 e. The maximum atomic E-state index is 12.7. The second kappa shape index (κ2) is 8.17. The van der Waals surface area contributed by atoms with Gasteiger partial charge in [0.05, 0.1) is 21.3 Å². The number of carboxylic acids is 1. The van der Waals surface area contributed by atoms with Crippen LogP contribution in [0.25, 0.3) is 0 Å². The number of carbonyl (C=O) groups is 2. The molecule has 0 spiro atoms. The number of aliphatic carboxylic acids is 1. The van der Waals surface area contributed by atoms with Crippen LogP contribution in [0.3, 0.4) is 0 Å². The van der Waals surface area contributed by atoms with Crippen LogP contribution in [0.4, 0.5) is 0 Å². The lowest BCUT2D eigenvalue weighted by Gasteiger charge is -2.27. The molecule has 0 saturated carbocycles. The first kappa shape index (κ1) is 20.1. The number of benzene rings is 2. The first-order valence-electron chi connectivity index (χ1n) is 8.58. The van der Waals surface area contributed by atoms with Crippen molar-refractivity contribution in [3.05, 3.63) is 35.4 Å². The lowest BCUT2D eigenvalue weighted by molar-refractivity contribution is -0.139. The highest BCUT2D eigenvalue weighted by Gasteiger charge is 2.34. The summed E-state index contributed by atoms with van der Waals surface area (Å²) in [7, 11) is 4.29. The van der Waals surface area contributed by atoms with Gasteiger partial charge < -0.3 is 33.9 Å². The first-order chi connectivity index (χ1) is 13.9. The molecule has 1 aliphatic rings. The fraction of sp³-hybridized carbons (Fsp3) is 0.300. The van der Waals surface area contributed by atoms with Crippen LogP contribution in [0, 0.1) is 0 Å². The van der Waals surface area contributed by atoms with Crippen LogP contribution < -0.4 is 23.7 Å². The van der Waals surface area contributed by atoms with Crippen molar-refractivity contribution in [2.24, 2.45) is 0 Å². The third kappa shape index (κ3) is 3.84. The average molecular weight is 404 g/mol. The third-order valence-electron chi connectivity index (χ3n) is 4.44. The Kier molecular flexibility index (Phi) is 5.67. The topological polar surface area (TPSA) is 121 Å². The van der Waals surface area contributed by atoms with E-state index in [0.717, 1.165) is 0 Å². The highest BCUT2D eigenvalue weighted by molar-refractivity contribution is 5.90. The van der Waals surface area contributed by atoms with E-state index in [1.807, 2.05) is 0 Å². The van der Waals surface area contributed by atoms with Crippen molar-refractivity contribution in [3.63, 3.8) is 0 Å². The van der Waals surface area contributed by atoms with Crippen LogP contribution in [0.15, 0.2) is 24.3 Å². The van der Waals surface area contributed by atoms with E-state index in [4.69, 9.17) is 28.8 Å². The fourth-order valence-corrected chi connectivity index (χ4v) is 3.09. The summed E-state index contributed by atoms with van der Waals surface area (Å²) in [5.41, 5.74) is 0.785. The van der Waals surface area contributed by atoms with Gasteiger partial charge in [0.25, 0.3) is 0 Å². The van der Waals surface area contributed by atoms with Gasteiger partial charge in [-0.05, 0) is 12.1 Å². The van der Waals surface area contributed by atoms with E-state index < -0.39 is 18.7 Å². The summed E-state index contributed by atoms with van der Waals surface area (Å²) < 4.78 is 26.6. The number of methoxy groups -OCH3 is 3. The Hall–Kier alpha value is -3.62. The number of Topliss-reactive ketones (excluding diaryl/α,β-unsaturated/α-hetero) is 1. The van der Waals surface area contributed by atoms with Crippen LogP contribution in [-0.2, 0) is 16.0 Å². The number of carboxylic acid groups (broad SMARTS) is 1. The number of rotatable bonds is 7. The smallest absolute Gasteiger partial charge is 0.341 e. The van der Waals surface area contributed by atoms with Gasteiger partial charge in [-0.15, -0.1) is 0 Å². The first-order valence-corrected chi connectivity index (χ1v) is 8.58. The molecule has 1 unspecified atom stereocenters. The Labute approximate surface area is 166 Å². The molecule has 9 heteroatoms. The zero-order chi connectivity index (χ0) is 21.1. The van der Waals surface area contributed by atoms with Crippen molar-refractivity contribution in [1.82, 2.24) is 0 Å². The molecule has 154 valence electrons. The molecular weight excluding hydrogens is 384 g/mol. The Morgan fingerprint density at radius 3 is 2.45 bits per heavy atom. The van der Waals surface area contributed by atoms with Crippen LogP contribution >= 0.6 is 0 Å². The molecule has 2 aromatic rings. The molecular formula is C20H20O9. The quantitative estimate of drug-likeness (QED) is 0.715. The number of hydrogen-bond acceptors (Lipinski definition) is 8. The number of ether oxygens (including phenoxy) is 5. The summed E-state index contributed by atoms with van der Waals surface area (Å²) >= 11 is 0. The van der Waals surface area contributed by atoms with Gasteiger partial charge >= 0.3 is 5.97 Å². The van der Waals surface area contributed by atoms with Gasteiger partial charge in [-0.2, -0.15) is 0 Å². The van der Waals surface area contributed by atoms with E-state index in [1.165, 1.54) is 27.4 Å². The minimum Gasteiger partial charge on any atom is -0.504 e. The van der Waals surface area contributed by atoms with E-state index >= 15 is 0 Å². The summed E-state index contributed by atoms with van der Waals surface area (Å²) in [5, 5.41) is 19.3. The van der Waals surface area contributed by atoms with E-state index in [9.17, 15) is 14.7 Å². The van der Waals surface area contributed by atoms with Crippen molar-refractivity contribution < 1.29 is 43.5 Å². The summed E-state index contributed by atoms with van der Waals surface area (Å²) in [6.45, 7) is -0.632. The predicted octanol–water partition coefficient (Wildman–Crippen LogP) is 2.13. The van der Waals surface area contributed by atoms with Gasteiger partial charge in [-0.25, -0.2) is 4.79 Å². The Morgan fingerprint density at radius 1 is 1.10 bits per heavy atom. The second-order valence-corrected chi connectivity index (χ2v) is 6.17. The molecule has 0 radical (unpaired) electrons. The van der Waals surface area contributed by atoms with E-state index in [1.54, 1.807) is 18.2 Å². The molecule has 1 aliphatic heterocycles. The Bertz CT molecular complexity index is 951. The van der Waals surface area contributed by atoms with Crippen molar-refractivity contribution >= 4 is 11.8 Å². The predicted molar refractivity (Wildman–Crippen MR) is 99.4 cm³/mol. The monoisotopic (exact) mass is 404 g/mol. The molecule has 0 fully saturated rings. The molecule has 1 atom stereocenters. The van der Waals surface area contributed by atoms with E-state index in [0.29, 0.717) is 17.1 Å². The third-order valence-corrected chi connectivity index (χ3v) is 4.44. The molecule has 29 heavy (non-hydrogen) atoms.